The Morgan fingerprint density at radius 2 is 1.75 bits per heavy atom. The number of rotatable bonds is 5. The van der Waals surface area contributed by atoms with Crippen LogP contribution in [0.15, 0.2) is 0 Å². The molecule has 0 aliphatic rings. The monoisotopic (exact) mass is 176 g/mol. The number of hydrogen-bond donors (Lipinski definition) is 1. The number of aliphatic hydroxyl groups excluding tert-OH is 1. The van der Waals surface area contributed by atoms with Gasteiger partial charge in [-0.1, -0.05) is 13.8 Å². The maximum Gasteiger partial charge on any atom is 0.183 e. The van der Waals surface area contributed by atoms with Crippen LogP contribution < -0.4 is 0 Å². The van der Waals surface area contributed by atoms with Crippen LogP contribution in [0.3, 0.4) is 0 Å². The van der Waals surface area contributed by atoms with E-state index in [2.05, 4.69) is 0 Å². The van der Waals surface area contributed by atoms with Crippen molar-refractivity contribution in [2.75, 3.05) is 14.2 Å². The Morgan fingerprint density at radius 1 is 1.33 bits per heavy atom. The van der Waals surface area contributed by atoms with Gasteiger partial charge in [0.1, 0.15) is 12.4 Å². The topological polar surface area (TPSA) is 55.8 Å². The molecule has 0 unspecified atom stereocenters. The van der Waals surface area contributed by atoms with Crippen molar-refractivity contribution in [1.29, 1.82) is 0 Å². The van der Waals surface area contributed by atoms with Crippen LogP contribution in [-0.4, -0.2) is 38.0 Å². The molecule has 0 aromatic heterocycles. The van der Waals surface area contributed by atoms with Crippen LogP contribution in [-0.2, 0) is 14.3 Å². The van der Waals surface area contributed by atoms with Gasteiger partial charge in [-0.05, 0) is 0 Å². The summed E-state index contributed by atoms with van der Waals surface area (Å²) >= 11 is 0. The standard InChI is InChI=1S/C8H16O4/c1-8(2,5-9)6(10)7(11-3)12-4/h5-7,10H,1-4H3/t6-/m0/s1. The van der Waals surface area contributed by atoms with Crippen molar-refractivity contribution in [3.05, 3.63) is 0 Å². The summed E-state index contributed by atoms with van der Waals surface area (Å²) in [6.07, 6.45) is -1.03. The highest BCUT2D eigenvalue weighted by molar-refractivity contribution is 5.59. The lowest BCUT2D eigenvalue weighted by molar-refractivity contribution is -0.191. The summed E-state index contributed by atoms with van der Waals surface area (Å²) in [6, 6.07) is 0. The van der Waals surface area contributed by atoms with E-state index in [1.165, 1.54) is 14.2 Å². The first kappa shape index (κ1) is 11.6. The number of aldehydes is 1. The summed E-state index contributed by atoms with van der Waals surface area (Å²) in [5, 5.41) is 9.56. The molecule has 0 aromatic carbocycles. The molecular formula is C8H16O4. The van der Waals surface area contributed by atoms with Gasteiger partial charge in [0.25, 0.3) is 0 Å². The van der Waals surface area contributed by atoms with E-state index < -0.39 is 17.8 Å². The highest BCUT2D eigenvalue weighted by Gasteiger charge is 2.34. The van der Waals surface area contributed by atoms with Crippen molar-refractivity contribution in [3.63, 3.8) is 0 Å². The van der Waals surface area contributed by atoms with Gasteiger partial charge in [0.2, 0.25) is 0 Å². The molecule has 0 aliphatic heterocycles. The van der Waals surface area contributed by atoms with Crippen LogP contribution in [0.1, 0.15) is 13.8 Å². The van der Waals surface area contributed by atoms with E-state index >= 15 is 0 Å². The molecule has 4 nitrogen and oxygen atoms in total. The Morgan fingerprint density at radius 3 is 2.00 bits per heavy atom. The van der Waals surface area contributed by atoms with Crippen LogP contribution in [0.5, 0.6) is 0 Å². The normalized spacial score (nSPS) is 14.8. The molecule has 0 saturated heterocycles. The molecule has 0 spiro atoms. The summed E-state index contributed by atoms with van der Waals surface area (Å²) in [5.41, 5.74) is -0.851. The van der Waals surface area contributed by atoms with E-state index in [9.17, 15) is 9.90 Å². The van der Waals surface area contributed by atoms with Crippen molar-refractivity contribution in [3.8, 4) is 0 Å². The Hall–Kier alpha value is -0.450. The van der Waals surface area contributed by atoms with E-state index in [1.54, 1.807) is 13.8 Å². The van der Waals surface area contributed by atoms with Gasteiger partial charge >= 0.3 is 0 Å². The summed E-state index contributed by atoms with van der Waals surface area (Å²) < 4.78 is 9.64. The molecule has 1 N–H and O–H groups in total. The lowest BCUT2D eigenvalue weighted by Gasteiger charge is -2.29. The smallest absolute Gasteiger partial charge is 0.183 e. The van der Waals surface area contributed by atoms with Gasteiger partial charge in [-0.2, -0.15) is 0 Å². The Labute approximate surface area is 72.5 Å². The van der Waals surface area contributed by atoms with Crippen LogP contribution in [0.25, 0.3) is 0 Å². The van der Waals surface area contributed by atoms with Crippen molar-refractivity contribution in [2.45, 2.75) is 26.2 Å². The van der Waals surface area contributed by atoms with E-state index in [-0.39, 0.29) is 0 Å². The zero-order valence-corrected chi connectivity index (χ0v) is 7.90. The van der Waals surface area contributed by atoms with Gasteiger partial charge in [-0.3, -0.25) is 0 Å². The fraction of sp³-hybridized carbons (Fsp3) is 0.875. The molecule has 72 valence electrons. The molecule has 0 radical (unpaired) electrons. The van der Waals surface area contributed by atoms with Crippen molar-refractivity contribution >= 4 is 6.29 Å². The summed E-state index contributed by atoms with van der Waals surface area (Å²) in [5.74, 6) is 0. The molecule has 0 rings (SSSR count). The Bertz CT molecular complexity index is 140. The maximum atomic E-state index is 10.5. The number of carbonyl (C=O) groups excluding carboxylic acids is 1. The lowest BCUT2D eigenvalue weighted by Crippen LogP contribution is -2.42. The van der Waals surface area contributed by atoms with E-state index in [0.29, 0.717) is 6.29 Å². The van der Waals surface area contributed by atoms with Crippen molar-refractivity contribution in [1.82, 2.24) is 0 Å². The average molecular weight is 176 g/mol. The average Bonchev–Trinajstić information content (AvgIpc) is 2.06. The van der Waals surface area contributed by atoms with Gasteiger partial charge in [0.15, 0.2) is 6.29 Å². The first-order valence-corrected chi connectivity index (χ1v) is 3.69. The highest BCUT2D eigenvalue weighted by atomic mass is 16.7. The van der Waals surface area contributed by atoms with Crippen molar-refractivity contribution in [2.24, 2.45) is 5.41 Å². The highest BCUT2D eigenvalue weighted by Crippen LogP contribution is 2.21. The molecule has 0 aliphatic carbocycles. The quantitative estimate of drug-likeness (QED) is 0.480. The first-order chi connectivity index (χ1) is 5.49. The van der Waals surface area contributed by atoms with Crippen molar-refractivity contribution < 1.29 is 19.4 Å². The minimum atomic E-state index is -0.954. The molecular weight excluding hydrogens is 160 g/mol. The first-order valence-electron chi connectivity index (χ1n) is 3.69. The largest absolute Gasteiger partial charge is 0.387 e. The Balaban J connectivity index is 4.33. The minimum absolute atomic E-state index is 0.683. The van der Waals surface area contributed by atoms with Gasteiger partial charge in [-0.15, -0.1) is 0 Å². The summed E-state index contributed by atoms with van der Waals surface area (Å²) in [4.78, 5) is 10.5. The van der Waals surface area contributed by atoms with E-state index in [0.717, 1.165) is 0 Å². The summed E-state index contributed by atoms with van der Waals surface area (Å²) in [7, 11) is 2.83. The van der Waals surface area contributed by atoms with Gasteiger partial charge in [-0.25, -0.2) is 0 Å². The third-order valence-corrected chi connectivity index (χ3v) is 1.79. The molecule has 4 heteroatoms. The van der Waals surface area contributed by atoms with Gasteiger partial charge < -0.3 is 19.4 Å². The van der Waals surface area contributed by atoms with E-state index in [4.69, 9.17) is 9.47 Å². The molecule has 0 aromatic rings. The maximum absolute atomic E-state index is 10.5. The second kappa shape index (κ2) is 4.54. The van der Waals surface area contributed by atoms with Crippen LogP contribution >= 0.6 is 0 Å². The number of methoxy groups -OCH3 is 2. The third kappa shape index (κ3) is 2.55. The third-order valence-electron chi connectivity index (χ3n) is 1.79. The van der Waals surface area contributed by atoms with Gasteiger partial charge in [0.05, 0.1) is 5.41 Å². The zero-order chi connectivity index (χ0) is 9.78. The molecule has 0 amide bonds. The van der Waals surface area contributed by atoms with Crippen LogP contribution in [0, 0.1) is 5.41 Å². The van der Waals surface area contributed by atoms with E-state index in [1.807, 2.05) is 0 Å². The molecule has 0 bridgehead atoms. The summed E-state index contributed by atoms with van der Waals surface area (Å²) in [6.45, 7) is 3.24. The SMILES string of the molecule is COC(OC)[C@H](O)C(C)(C)C=O. The minimum Gasteiger partial charge on any atom is -0.387 e. The van der Waals surface area contributed by atoms with Crippen LogP contribution in [0.2, 0.25) is 0 Å². The number of carbonyl (C=O) groups is 1. The predicted molar refractivity (Wildman–Crippen MR) is 43.7 cm³/mol. The number of ether oxygens (including phenoxy) is 2. The second-order valence-corrected chi connectivity index (χ2v) is 3.22. The predicted octanol–water partition coefficient (Wildman–Crippen LogP) is 0.191. The lowest BCUT2D eigenvalue weighted by atomic mass is 9.88. The van der Waals surface area contributed by atoms with Crippen LogP contribution in [0.4, 0.5) is 0 Å². The molecule has 12 heavy (non-hydrogen) atoms. The molecule has 0 saturated carbocycles. The molecule has 0 heterocycles. The molecule has 0 fully saturated rings. The number of hydrogen-bond acceptors (Lipinski definition) is 4. The Kier molecular flexibility index (Phi) is 4.37. The van der Waals surface area contributed by atoms with Gasteiger partial charge in [0, 0.05) is 14.2 Å². The molecule has 1 atom stereocenters. The number of aliphatic hydroxyl groups is 1. The fourth-order valence-corrected chi connectivity index (χ4v) is 0.774. The fourth-order valence-electron chi connectivity index (χ4n) is 0.774. The second-order valence-electron chi connectivity index (χ2n) is 3.22. The zero-order valence-electron chi connectivity index (χ0n) is 7.90.